The number of nitrogens with two attached hydrogens (primary N) is 1. The van der Waals surface area contributed by atoms with Crippen LogP contribution in [0.2, 0.25) is 5.02 Å². The van der Waals surface area contributed by atoms with Crippen molar-refractivity contribution in [3.63, 3.8) is 0 Å². The predicted molar refractivity (Wildman–Crippen MR) is 62.1 cm³/mol. The number of hydrogen-bond donors (Lipinski definition) is 3. The van der Waals surface area contributed by atoms with Crippen molar-refractivity contribution in [2.24, 2.45) is 10.9 Å². The fourth-order valence-electron chi connectivity index (χ4n) is 0.747. The number of halogens is 1. The Morgan fingerprint density at radius 2 is 2.07 bits per heavy atom. The first-order chi connectivity index (χ1) is 6.72. The highest BCUT2D eigenvalue weighted by molar-refractivity contribution is 7.80. The van der Waals surface area contributed by atoms with Gasteiger partial charge in [0.1, 0.15) is 0 Å². The van der Waals surface area contributed by atoms with Crippen molar-refractivity contribution < 1.29 is 0 Å². The summed E-state index contributed by atoms with van der Waals surface area (Å²) in [6.45, 7) is 0. The molecule has 0 heterocycles. The third kappa shape index (κ3) is 3.69. The molecule has 0 spiro atoms. The van der Waals surface area contributed by atoms with Crippen molar-refractivity contribution in [3.8, 4) is 0 Å². The minimum atomic E-state index is 0.259. The van der Waals surface area contributed by atoms with E-state index in [0.717, 1.165) is 5.56 Å². The van der Waals surface area contributed by atoms with Crippen LogP contribution in [-0.4, -0.2) is 11.3 Å². The standard InChI is InChI=1S/C8H9ClN4S/c9-7-3-1-6(2-4-7)5-11-13-8(14)12-10/h1-5H,10H2,(H2,12,13,14). The number of thiocarbonyl (C=S) groups is 1. The van der Waals surface area contributed by atoms with E-state index >= 15 is 0 Å². The number of rotatable bonds is 2. The molecule has 1 aromatic rings. The van der Waals surface area contributed by atoms with Crippen LogP contribution in [0.25, 0.3) is 0 Å². The molecule has 0 aliphatic heterocycles. The molecule has 0 unspecified atom stereocenters. The van der Waals surface area contributed by atoms with Gasteiger partial charge in [-0.05, 0) is 29.9 Å². The molecule has 0 saturated carbocycles. The van der Waals surface area contributed by atoms with Crippen LogP contribution in [0, 0.1) is 0 Å². The smallest absolute Gasteiger partial charge is 0.201 e. The largest absolute Gasteiger partial charge is 0.300 e. The van der Waals surface area contributed by atoms with Gasteiger partial charge in [0.2, 0.25) is 5.11 Å². The lowest BCUT2D eigenvalue weighted by atomic mass is 10.2. The topological polar surface area (TPSA) is 62.4 Å². The Kier molecular flexibility index (Phi) is 4.31. The van der Waals surface area contributed by atoms with Crippen LogP contribution < -0.4 is 16.7 Å². The van der Waals surface area contributed by atoms with Gasteiger partial charge in [0, 0.05) is 5.02 Å². The van der Waals surface area contributed by atoms with E-state index in [1.165, 1.54) is 0 Å². The number of nitrogens with zero attached hydrogens (tertiary/aromatic N) is 1. The molecule has 0 aromatic heterocycles. The van der Waals surface area contributed by atoms with E-state index in [1.54, 1.807) is 18.3 Å². The number of hydrazone groups is 1. The molecule has 0 amide bonds. The maximum absolute atomic E-state index is 5.71. The fraction of sp³-hybridized carbons (Fsp3) is 0. The van der Waals surface area contributed by atoms with Crippen LogP contribution in [0.15, 0.2) is 29.4 Å². The molecule has 0 aliphatic carbocycles. The minimum absolute atomic E-state index is 0.259. The van der Waals surface area contributed by atoms with E-state index in [-0.39, 0.29) is 5.11 Å². The summed E-state index contributed by atoms with van der Waals surface area (Å²) in [4.78, 5) is 0. The van der Waals surface area contributed by atoms with Gasteiger partial charge in [0.25, 0.3) is 0 Å². The zero-order valence-corrected chi connectivity index (χ0v) is 8.77. The molecule has 4 N–H and O–H groups in total. The van der Waals surface area contributed by atoms with E-state index in [2.05, 4.69) is 16.0 Å². The van der Waals surface area contributed by atoms with Gasteiger partial charge in [-0.25, -0.2) is 5.84 Å². The Hall–Kier alpha value is -1.17. The molecular formula is C8H9ClN4S. The van der Waals surface area contributed by atoms with E-state index in [9.17, 15) is 0 Å². The van der Waals surface area contributed by atoms with Gasteiger partial charge in [0.05, 0.1) is 6.21 Å². The van der Waals surface area contributed by atoms with Gasteiger partial charge in [0.15, 0.2) is 0 Å². The monoisotopic (exact) mass is 228 g/mol. The summed E-state index contributed by atoms with van der Waals surface area (Å²) in [6, 6.07) is 7.24. The molecule has 0 radical (unpaired) electrons. The molecule has 1 aromatic carbocycles. The summed E-state index contributed by atoms with van der Waals surface area (Å²) >= 11 is 10.4. The van der Waals surface area contributed by atoms with Gasteiger partial charge in [-0.15, -0.1) is 0 Å². The van der Waals surface area contributed by atoms with Crippen LogP contribution in [0.5, 0.6) is 0 Å². The van der Waals surface area contributed by atoms with Crippen LogP contribution in [0.4, 0.5) is 0 Å². The van der Waals surface area contributed by atoms with Crippen LogP contribution >= 0.6 is 23.8 Å². The van der Waals surface area contributed by atoms with Gasteiger partial charge in [-0.2, -0.15) is 5.10 Å². The van der Waals surface area contributed by atoms with Crippen molar-refractivity contribution in [1.82, 2.24) is 10.9 Å². The number of hydrogen-bond acceptors (Lipinski definition) is 3. The van der Waals surface area contributed by atoms with E-state index in [4.69, 9.17) is 29.7 Å². The summed E-state index contributed by atoms with van der Waals surface area (Å²) in [5.74, 6) is 5.03. The molecule has 0 saturated heterocycles. The lowest BCUT2D eigenvalue weighted by Crippen LogP contribution is -2.37. The maximum Gasteiger partial charge on any atom is 0.201 e. The van der Waals surface area contributed by atoms with Crippen molar-refractivity contribution in [2.45, 2.75) is 0 Å². The molecule has 0 aliphatic rings. The van der Waals surface area contributed by atoms with Crippen molar-refractivity contribution in [1.29, 1.82) is 0 Å². The third-order valence-electron chi connectivity index (χ3n) is 1.38. The predicted octanol–water partition coefficient (Wildman–Crippen LogP) is 1.01. The van der Waals surface area contributed by atoms with Gasteiger partial charge in [-0.1, -0.05) is 23.7 Å². The quantitative estimate of drug-likeness (QED) is 0.306. The SMILES string of the molecule is NNC(=S)NN=Cc1ccc(Cl)cc1. The highest BCUT2D eigenvalue weighted by Crippen LogP contribution is 2.07. The molecule has 1 rings (SSSR count). The maximum atomic E-state index is 5.71. The summed E-state index contributed by atoms with van der Waals surface area (Å²) < 4.78 is 0. The van der Waals surface area contributed by atoms with Crippen molar-refractivity contribution in [3.05, 3.63) is 34.9 Å². The second-order valence-corrected chi connectivity index (χ2v) is 3.24. The molecule has 74 valence electrons. The molecular weight excluding hydrogens is 220 g/mol. The number of benzene rings is 1. The van der Waals surface area contributed by atoms with Crippen LogP contribution in [0.1, 0.15) is 5.56 Å². The molecule has 14 heavy (non-hydrogen) atoms. The Labute approximate surface area is 92.1 Å². The third-order valence-corrected chi connectivity index (χ3v) is 1.84. The minimum Gasteiger partial charge on any atom is -0.300 e. The van der Waals surface area contributed by atoms with Gasteiger partial charge >= 0.3 is 0 Å². The average molecular weight is 229 g/mol. The highest BCUT2D eigenvalue weighted by Gasteiger charge is 1.88. The lowest BCUT2D eigenvalue weighted by Gasteiger charge is -1.99. The Morgan fingerprint density at radius 1 is 1.43 bits per heavy atom. The van der Waals surface area contributed by atoms with E-state index in [1.807, 2.05) is 12.1 Å². The Bertz CT molecular complexity index is 336. The van der Waals surface area contributed by atoms with Gasteiger partial charge in [-0.3, -0.25) is 10.9 Å². The molecule has 6 heteroatoms. The summed E-state index contributed by atoms with van der Waals surface area (Å²) in [7, 11) is 0. The second kappa shape index (κ2) is 5.54. The summed E-state index contributed by atoms with van der Waals surface area (Å²) in [5, 5.41) is 4.79. The molecule has 0 bridgehead atoms. The first kappa shape index (κ1) is 10.9. The number of hydrazine groups is 1. The Balaban J connectivity index is 2.52. The summed E-state index contributed by atoms with van der Waals surface area (Å²) in [6.07, 6.45) is 1.61. The zero-order chi connectivity index (χ0) is 10.4. The van der Waals surface area contributed by atoms with Crippen molar-refractivity contribution in [2.75, 3.05) is 0 Å². The summed E-state index contributed by atoms with van der Waals surface area (Å²) in [5.41, 5.74) is 5.69. The van der Waals surface area contributed by atoms with E-state index < -0.39 is 0 Å². The zero-order valence-electron chi connectivity index (χ0n) is 7.20. The average Bonchev–Trinajstić information content (AvgIpc) is 2.21. The fourth-order valence-corrected chi connectivity index (χ4v) is 0.925. The van der Waals surface area contributed by atoms with Crippen molar-refractivity contribution >= 4 is 35.1 Å². The Morgan fingerprint density at radius 3 is 2.64 bits per heavy atom. The van der Waals surface area contributed by atoms with E-state index in [0.29, 0.717) is 5.02 Å². The first-order valence-electron chi connectivity index (χ1n) is 3.77. The van der Waals surface area contributed by atoms with Crippen LogP contribution in [0.3, 0.4) is 0 Å². The molecule has 4 nitrogen and oxygen atoms in total. The number of nitrogens with one attached hydrogen (secondary N) is 2. The lowest BCUT2D eigenvalue weighted by molar-refractivity contribution is 0.930. The normalized spacial score (nSPS) is 10.1. The molecule has 0 atom stereocenters. The first-order valence-corrected chi connectivity index (χ1v) is 4.56. The second-order valence-electron chi connectivity index (χ2n) is 2.40. The highest BCUT2D eigenvalue weighted by atomic mass is 35.5. The molecule has 0 fully saturated rings. The van der Waals surface area contributed by atoms with Gasteiger partial charge < -0.3 is 0 Å². The van der Waals surface area contributed by atoms with Crippen LogP contribution in [-0.2, 0) is 0 Å².